The van der Waals surface area contributed by atoms with E-state index in [4.69, 9.17) is 16.3 Å². The molecule has 2 aromatic carbocycles. The predicted molar refractivity (Wildman–Crippen MR) is 116 cm³/mol. The van der Waals surface area contributed by atoms with Gasteiger partial charge in [0.2, 0.25) is 10.0 Å². The number of sulfonamides is 1. The van der Waals surface area contributed by atoms with Crippen LogP contribution in [-0.2, 0) is 19.6 Å². The van der Waals surface area contributed by atoms with Crippen molar-refractivity contribution >= 4 is 45.2 Å². The topological polar surface area (TPSA) is 122 Å². The SMILES string of the molecule is Cc1cccc(NC(=O)NC(=O)COC(=O)c2cc(S(=O)(=O)N(C)C)ccc2Cl)c1C. The molecule has 0 atom stereocenters. The van der Waals surface area contributed by atoms with Crippen LogP contribution in [0.4, 0.5) is 10.5 Å². The Morgan fingerprint density at radius 2 is 1.77 bits per heavy atom. The summed E-state index contributed by atoms with van der Waals surface area (Å²) in [5.41, 5.74) is 2.12. The number of urea groups is 1. The van der Waals surface area contributed by atoms with E-state index in [-0.39, 0.29) is 15.5 Å². The van der Waals surface area contributed by atoms with Crippen molar-refractivity contribution in [3.8, 4) is 0 Å². The van der Waals surface area contributed by atoms with Crippen LogP contribution in [0.3, 0.4) is 0 Å². The van der Waals surface area contributed by atoms with Crippen molar-refractivity contribution in [3.63, 3.8) is 0 Å². The average molecular weight is 468 g/mol. The smallest absolute Gasteiger partial charge is 0.340 e. The Bertz CT molecular complexity index is 1130. The van der Waals surface area contributed by atoms with Crippen LogP contribution >= 0.6 is 11.6 Å². The van der Waals surface area contributed by atoms with E-state index in [0.717, 1.165) is 21.5 Å². The molecule has 0 bridgehead atoms. The highest BCUT2D eigenvalue weighted by molar-refractivity contribution is 7.89. The van der Waals surface area contributed by atoms with Gasteiger partial charge in [0.25, 0.3) is 5.91 Å². The van der Waals surface area contributed by atoms with Gasteiger partial charge >= 0.3 is 12.0 Å². The van der Waals surface area contributed by atoms with Crippen molar-refractivity contribution in [2.45, 2.75) is 18.7 Å². The van der Waals surface area contributed by atoms with Crippen LogP contribution in [0.15, 0.2) is 41.3 Å². The minimum Gasteiger partial charge on any atom is -0.452 e. The van der Waals surface area contributed by atoms with Gasteiger partial charge in [-0.15, -0.1) is 0 Å². The molecule has 0 unspecified atom stereocenters. The minimum atomic E-state index is -3.80. The maximum absolute atomic E-state index is 12.3. The van der Waals surface area contributed by atoms with Crippen LogP contribution in [-0.4, -0.2) is 51.3 Å². The van der Waals surface area contributed by atoms with Crippen LogP contribution in [0.25, 0.3) is 0 Å². The molecule has 0 saturated carbocycles. The van der Waals surface area contributed by atoms with E-state index >= 15 is 0 Å². The second-order valence-electron chi connectivity index (χ2n) is 6.75. The fourth-order valence-electron chi connectivity index (χ4n) is 2.44. The number of halogens is 1. The molecular formula is C20H22ClN3O6S. The number of carbonyl (C=O) groups excluding carboxylic acids is 3. The molecule has 0 aromatic heterocycles. The summed E-state index contributed by atoms with van der Waals surface area (Å²) in [6, 6.07) is 8.09. The summed E-state index contributed by atoms with van der Waals surface area (Å²) in [6.07, 6.45) is 0. The van der Waals surface area contributed by atoms with E-state index in [2.05, 4.69) is 5.32 Å². The molecule has 0 fully saturated rings. The van der Waals surface area contributed by atoms with Crippen molar-refractivity contribution in [3.05, 3.63) is 58.1 Å². The van der Waals surface area contributed by atoms with Crippen LogP contribution in [0.2, 0.25) is 5.02 Å². The molecule has 0 saturated heterocycles. The normalized spacial score (nSPS) is 11.2. The molecule has 31 heavy (non-hydrogen) atoms. The van der Waals surface area contributed by atoms with Crippen molar-refractivity contribution in [1.82, 2.24) is 9.62 Å². The lowest BCUT2D eigenvalue weighted by atomic mass is 10.1. The number of hydrogen-bond donors (Lipinski definition) is 2. The first kappa shape index (κ1) is 24.3. The minimum absolute atomic E-state index is 0.0456. The Kier molecular flexibility index (Phi) is 7.77. The maximum Gasteiger partial charge on any atom is 0.340 e. The molecular weight excluding hydrogens is 446 g/mol. The van der Waals surface area contributed by atoms with Crippen LogP contribution in [0, 0.1) is 13.8 Å². The monoisotopic (exact) mass is 467 g/mol. The standard InChI is InChI=1S/C20H22ClN3O6S/c1-12-6-5-7-17(13(12)2)22-20(27)23-18(25)11-30-19(26)15-10-14(8-9-16(15)21)31(28,29)24(3)4/h5-10H,11H2,1-4H3,(H2,22,23,25,27). The van der Waals surface area contributed by atoms with E-state index in [0.29, 0.717) is 5.69 Å². The van der Waals surface area contributed by atoms with Gasteiger partial charge in [0.15, 0.2) is 6.61 Å². The zero-order valence-corrected chi connectivity index (χ0v) is 18.9. The molecule has 166 valence electrons. The lowest BCUT2D eigenvalue weighted by molar-refractivity contribution is -0.123. The van der Waals surface area contributed by atoms with E-state index in [1.165, 1.54) is 26.2 Å². The summed E-state index contributed by atoms with van der Waals surface area (Å²) < 4.78 is 30.3. The Balaban J connectivity index is 2.00. The summed E-state index contributed by atoms with van der Waals surface area (Å²) in [7, 11) is -1.11. The molecule has 9 nitrogen and oxygen atoms in total. The van der Waals surface area contributed by atoms with Gasteiger partial charge in [0.05, 0.1) is 15.5 Å². The zero-order valence-electron chi connectivity index (χ0n) is 17.4. The van der Waals surface area contributed by atoms with Gasteiger partial charge in [0.1, 0.15) is 0 Å². The van der Waals surface area contributed by atoms with Gasteiger partial charge in [0, 0.05) is 19.8 Å². The molecule has 2 rings (SSSR count). The van der Waals surface area contributed by atoms with Crippen molar-refractivity contribution in [2.24, 2.45) is 0 Å². The molecule has 0 aliphatic carbocycles. The van der Waals surface area contributed by atoms with Crippen molar-refractivity contribution in [2.75, 3.05) is 26.0 Å². The van der Waals surface area contributed by atoms with Gasteiger partial charge in [-0.05, 0) is 49.2 Å². The van der Waals surface area contributed by atoms with Crippen LogP contribution in [0.5, 0.6) is 0 Å². The number of esters is 1. The van der Waals surface area contributed by atoms with Crippen molar-refractivity contribution < 1.29 is 27.5 Å². The highest BCUT2D eigenvalue weighted by Crippen LogP contribution is 2.23. The fourth-order valence-corrected chi connectivity index (χ4v) is 3.57. The molecule has 2 aromatic rings. The Labute approximate surface area is 185 Å². The highest BCUT2D eigenvalue weighted by Gasteiger charge is 2.22. The second kappa shape index (κ2) is 9.90. The van der Waals surface area contributed by atoms with E-state index in [9.17, 15) is 22.8 Å². The highest BCUT2D eigenvalue weighted by atomic mass is 35.5. The number of amides is 3. The number of anilines is 1. The summed E-state index contributed by atoms with van der Waals surface area (Å²) in [4.78, 5) is 36.1. The summed E-state index contributed by atoms with van der Waals surface area (Å²) in [5, 5.41) is 4.54. The number of imide groups is 1. The number of nitrogens with one attached hydrogen (secondary N) is 2. The van der Waals surface area contributed by atoms with Gasteiger partial charge in [-0.25, -0.2) is 22.3 Å². The number of ether oxygens (including phenoxy) is 1. The Morgan fingerprint density at radius 3 is 2.42 bits per heavy atom. The fraction of sp³-hybridized carbons (Fsp3) is 0.250. The molecule has 0 radical (unpaired) electrons. The number of aryl methyl sites for hydroxylation is 1. The van der Waals surface area contributed by atoms with E-state index in [1.807, 2.05) is 25.2 Å². The van der Waals surface area contributed by atoms with Crippen molar-refractivity contribution in [1.29, 1.82) is 0 Å². The number of nitrogens with zero attached hydrogens (tertiary/aromatic N) is 1. The Morgan fingerprint density at radius 1 is 1.10 bits per heavy atom. The third-order valence-electron chi connectivity index (χ3n) is 4.38. The van der Waals surface area contributed by atoms with Gasteiger partial charge in [-0.3, -0.25) is 10.1 Å². The maximum atomic E-state index is 12.3. The number of rotatable bonds is 6. The number of benzene rings is 2. The first-order valence-electron chi connectivity index (χ1n) is 8.99. The third kappa shape index (κ3) is 6.03. The molecule has 0 aliphatic rings. The van der Waals surface area contributed by atoms with E-state index < -0.39 is 34.5 Å². The Hall–Kier alpha value is -2.95. The predicted octanol–water partition coefficient (Wildman–Crippen LogP) is 2.71. The average Bonchev–Trinajstić information content (AvgIpc) is 2.69. The lowest BCUT2D eigenvalue weighted by Gasteiger charge is -2.13. The van der Waals surface area contributed by atoms with Gasteiger partial charge in [-0.1, -0.05) is 23.7 Å². The van der Waals surface area contributed by atoms with Crippen LogP contribution < -0.4 is 10.6 Å². The molecule has 2 N–H and O–H groups in total. The first-order valence-corrected chi connectivity index (χ1v) is 10.8. The van der Waals surface area contributed by atoms with Gasteiger partial charge < -0.3 is 10.1 Å². The molecule has 11 heteroatoms. The molecule has 0 aliphatic heterocycles. The largest absolute Gasteiger partial charge is 0.452 e. The summed E-state index contributed by atoms with van der Waals surface area (Å²) in [5.74, 6) is -1.88. The third-order valence-corrected chi connectivity index (χ3v) is 6.52. The second-order valence-corrected chi connectivity index (χ2v) is 9.31. The number of hydrogen-bond acceptors (Lipinski definition) is 6. The lowest BCUT2D eigenvalue weighted by Crippen LogP contribution is -2.37. The zero-order chi connectivity index (χ0) is 23.3. The van der Waals surface area contributed by atoms with E-state index in [1.54, 1.807) is 12.1 Å². The quantitative estimate of drug-likeness (QED) is 0.630. The molecule has 0 spiro atoms. The summed E-state index contributed by atoms with van der Waals surface area (Å²) in [6.45, 7) is 2.94. The molecule has 0 heterocycles. The molecule has 3 amide bonds. The number of carbonyl (C=O) groups is 3. The first-order chi connectivity index (χ1) is 14.4. The summed E-state index contributed by atoms with van der Waals surface area (Å²) >= 11 is 5.96. The van der Waals surface area contributed by atoms with Gasteiger partial charge in [-0.2, -0.15) is 0 Å². The van der Waals surface area contributed by atoms with Crippen LogP contribution in [0.1, 0.15) is 21.5 Å².